The van der Waals surface area contributed by atoms with E-state index in [9.17, 15) is 4.79 Å². The molecular formula is C19H18Cl2N2O3S. The van der Waals surface area contributed by atoms with Crippen LogP contribution >= 0.6 is 35.4 Å². The Morgan fingerprint density at radius 3 is 2.44 bits per heavy atom. The van der Waals surface area contributed by atoms with Gasteiger partial charge in [-0.05, 0) is 41.6 Å². The lowest BCUT2D eigenvalue weighted by Crippen LogP contribution is -2.38. The smallest absolute Gasteiger partial charge is 0.250 e. The molecule has 2 aromatic carbocycles. The second kappa shape index (κ2) is 10.2. The van der Waals surface area contributed by atoms with Crippen LogP contribution in [0.4, 0.5) is 0 Å². The van der Waals surface area contributed by atoms with E-state index in [1.165, 1.54) is 13.2 Å². The molecule has 0 aliphatic carbocycles. The molecule has 0 aliphatic heterocycles. The molecule has 0 atom stereocenters. The van der Waals surface area contributed by atoms with Crippen LogP contribution in [-0.2, 0) is 11.3 Å². The number of halogens is 2. The first-order valence-electron chi connectivity index (χ1n) is 7.86. The van der Waals surface area contributed by atoms with Gasteiger partial charge >= 0.3 is 0 Å². The van der Waals surface area contributed by atoms with Crippen LogP contribution in [0.2, 0.25) is 10.0 Å². The summed E-state index contributed by atoms with van der Waals surface area (Å²) in [5, 5.41) is 6.72. The standard InChI is InChI=1S/C19H18Cl2N2O3S/c1-25-16-9-13(15(21)10-17(16)26-2)11-22-19(27)23-18(24)8-7-12-5-3-4-6-14(12)20/h3-10H,11H2,1-2H3,(H2,22,23,24,27)/b8-7+. The minimum atomic E-state index is -0.370. The van der Waals surface area contributed by atoms with Gasteiger partial charge in [0.05, 0.1) is 14.2 Å². The van der Waals surface area contributed by atoms with E-state index in [0.29, 0.717) is 28.1 Å². The van der Waals surface area contributed by atoms with Crippen LogP contribution < -0.4 is 20.1 Å². The van der Waals surface area contributed by atoms with Crippen molar-refractivity contribution in [3.63, 3.8) is 0 Å². The number of amides is 1. The minimum absolute atomic E-state index is 0.176. The molecule has 0 aliphatic rings. The Bertz CT molecular complexity index is 872. The SMILES string of the molecule is COc1cc(Cl)c(CNC(=S)NC(=O)/C=C/c2ccccc2Cl)cc1OC. The maximum absolute atomic E-state index is 12.0. The summed E-state index contributed by atoms with van der Waals surface area (Å²) in [6.07, 6.45) is 2.98. The molecule has 2 N–H and O–H groups in total. The fourth-order valence-corrected chi connectivity index (χ4v) is 2.77. The van der Waals surface area contributed by atoms with Crippen molar-refractivity contribution in [1.82, 2.24) is 10.6 Å². The van der Waals surface area contributed by atoms with Gasteiger partial charge in [0, 0.05) is 28.7 Å². The Labute approximate surface area is 173 Å². The molecule has 0 bridgehead atoms. The lowest BCUT2D eigenvalue weighted by molar-refractivity contribution is -0.115. The number of hydrogen-bond donors (Lipinski definition) is 2. The molecule has 0 saturated carbocycles. The lowest BCUT2D eigenvalue weighted by atomic mass is 10.2. The number of carbonyl (C=O) groups excluding carboxylic acids is 1. The van der Waals surface area contributed by atoms with Crippen molar-refractivity contribution < 1.29 is 14.3 Å². The molecule has 2 aromatic rings. The highest BCUT2D eigenvalue weighted by atomic mass is 35.5. The largest absolute Gasteiger partial charge is 0.493 e. The van der Waals surface area contributed by atoms with E-state index in [-0.39, 0.29) is 11.0 Å². The summed E-state index contributed by atoms with van der Waals surface area (Å²) in [5.74, 6) is 0.717. The van der Waals surface area contributed by atoms with Crippen molar-refractivity contribution in [2.24, 2.45) is 0 Å². The predicted octanol–water partition coefficient (Wildman–Crippen LogP) is 4.21. The van der Waals surface area contributed by atoms with Gasteiger partial charge < -0.3 is 14.8 Å². The molecule has 1 amide bonds. The Morgan fingerprint density at radius 1 is 1.11 bits per heavy atom. The summed E-state index contributed by atoms with van der Waals surface area (Å²) in [6.45, 7) is 0.312. The maximum atomic E-state index is 12.0. The van der Waals surface area contributed by atoms with Crippen LogP contribution in [0.25, 0.3) is 6.08 Å². The molecule has 0 fully saturated rings. The first-order chi connectivity index (χ1) is 12.9. The minimum Gasteiger partial charge on any atom is -0.493 e. The first kappa shape index (κ1) is 21.0. The zero-order chi connectivity index (χ0) is 19.8. The fourth-order valence-electron chi connectivity index (χ4n) is 2.18. The molecule has 0 unspecified atom stereocenters. The fraction of sp³-hybridized carbons (Fsp3) is 0.158. The predicted molar refractivity (Wildman–Crippen MR) is 113 cm³/mol. The van der Waals surface area contributed by atoms with Crippen LogP contribution in [0.3, 0.4) is 0 Å². The average Bonchev–Trinajstić information content (AvgIpc) is 2.66. The summed E-state index contributed by atoms with van der Waals surface area (Å²) in [6, 6.07) is 10.6. The van der Waals surface area contributed by atoms with Crippen LogP contribution in [0.5, 0.6) is 11.5 Å². The van der Waals surface area contributed by atoms with Gasteiger partial charge in [0.2, 0.25) is 5.91 Å². The van der Waals surface area contributed by atoms with E-state index in [1.807, 2.05) is 18.2 Å². The summed E-state index contributed by atoms with van der Waals surface area (Å²) in [5.41, 5.74) is 1.49. The van der Waals surface area contributed by atoms with Gasteiger partial charge in [0.15, 0.2) is 16.6 Å². The maximum Gasteiger partial charge on any atom is 0.250 e. The van der Waals surface area contributed by atoms with Gasteiger partial charge in [-0.15, -0.1) is 0 Å². The third-order valence-electron chi connectivity index (χ3n) is 3.55. The normalized spacial score (nSPS) is 10.5. The quantitative estimate of drug-likeness (QED) is 0.536. The van der Waals surface area contributed by atoms with Gasteiger partial charge in [0.1, 0.15) is 0 Å². The zero-order valence-corrected chi connectivity index (χ0v) is 17.0. The number of hydrogen-bond acceptors (Lipinski definition) is 4. The zero-order valence-electron chi connectivity index (χ0n) is 14.7. The molecule has 0 spiro atoms. The van der Waals surface area contributed by atoms with Gasteiger partial charge in [-0.25, -0.2) is 0 Å². The van der Waals surface area contributed by atoms with Crippen molar-refractivity contribution >= 4 is 52.5 Å². The van der Waals surface area contributed by atoms with Gasteiger partial charge in [-0.2, -0.15) is 0 Å². The number of carbonyl (C=O) groups is 1. The monoisotopic (exact) mass is 424 g/mol. The number of methoxy groups -OCH3 is 2. The molecule has 27 heavy (non-hydrogen) atoms. The van der Waals surface area contributed by atoms with Crippen molar-refractivity contribution in [1.29, 1.82) is 0 Å². The van der Waals surface area contributed by atoms with E-state index < -0.39 is 0 Å². The van der Waals surface area contributed by atoms with E-state index in [0.717, 1.165) is 11.1 Å². The van der Waals surface area contributed by atoms with E-state index in [1.54, 1.807) is 31.4 Å². The summed E-state index contributed by atoms with van der Waals surface area (Å²) >= 11 is 17.4. The molecule has 0 radical (unpaired) electrons. The number of thiocarbonyl (C=S) groups is 1. The highest BCUT2D eigenvalue weighted by Gasteiger charge is 2.10. The van der Waals surface area contributed by atoms with E-state index in [4.69, 9.17) is 44.9 Å². The number of rotatable bonds is 6. The van der Waals surface area contributed by atoms with Crippen molar-refractivity contribution in [2.75, 3.05) is 14.2 Å². The summed E-state index contributed by atoms with van der Waals surface area (Å²) in [4.78, 5) is 12.0. The highest BCUT2D eigenvalue weighted by molar-refractivity contribution is 7.80. The number of benzene rings is 2. The van der Waals surface area contributed by atoms with E-state index >= 15 is 0 Å². The Balaban J connectivity index is 1.92. The molecule has 0 saturated heterocycles. The van der Waals surface area contributed by atoms with E-state index in [2.05, 4.69) is 10.6 Å². The summed E-state index contributed by atoms with van der Waals surface area (Å²) in [7, 11) is 3.08. The second-order valence-corrected chi connectivity index (χ2v) is 6.55. The Hall–Kier alpha value is -2.28. The summed E-state index contributed by atoms with van der Waals surface area (Å²) < 4.78 is 10.4. The van der Waals surface area contributed by atoms with Crippen LogP contribution in [0.1, 0.15) is 11.1 Å². The topological polar surface area (TPSA) is 59.6 Å². The van der Waals surface area contributed by atoms with Gasteiger partial charge in [0.25, 0.3) is 0 Å². The molecule has 2 rings (SSSR count). The van der Waals surface area contributed by atoms with Gasteiger partial charge in [-0.3, -0.25) is 10.1 Å². The molecule has 8 heteroatoms. The van der Waals surface area contributed by atoms with Crippen LogP contribution in [0, 0.1) is 0 Å². The average molecular weight is 425 g/mol. The third-order valence-corrected chi connectivity index (χ3v) is 4.49. The van der Waals surface area contributed by atoms with Crippen molar-refractivity contribution in [3.8, 4) is 11.5 Å². The molecule has 5 nitrogen and oxygen atoms in total. The third kappa shape index (κ3) is 6.13. The highest BCUT2D eigenvalue weighted by Crippen LogP contribution is 2.32. The van der Waals surface area contributed by atoms with Crippen LogP contribution in [-0.4, -0.2) is 25.2 Å². The first-order valence-corrected chi connectivity index (χ1v) is 9.02. The van der Waals surface area contributed by atoms with Crippen LogP contribution in [0.15, 0.2) is 42.5 Å². The molecular weight excluding hydrogens is 407 g/mol. The van der Waals surface area contributed by atoms with Crippen molar-refractivity contribution in [3.05, 3.63) is 63.6 Å². The second-order valence-electron chi connectivity index (χ2n) is 5.33. The Kier molecular flexibility index (Phi) is 7.91. The Morgan fingerprint density at radius 2 is 1.78 bits per heavy atom. The molecule has 0 aromatic heterocycles. The molecule has 0 heterocycles. The number of nitrogens with one attached hydrogen (secondary N) is 2. The van der Waals surface area contributed by atoms with Gasteiger partial charge in [-0.1, -0.05) is 41.4 Å². The van der Waals surface area contributed by atoms with Crippen molar-refractivity contribution in [2.45, 2.75) is 6.54 Å². The lowest BCUT2D eigenvalue weighted by Gasteiger charge is -2.13. The molecule has 142 valence electrons. The number of ether oxygens (including phenoxy) is 2.